The van der Waals surface area contributed by atoms with Crippen LogP contribution in [-0.2, 0) is 12.8 Å². The molecule has 0 heteroatoms. The highest BCUT2D eigenvalue weighted by molar-refractivity contribution is 5.31. The van der Waals surface area contributed by atoms with Crippen LogP contribution in [0.3, 0.4) is 0 Å². The van der Waals surface area contributed by atoms with Crippen molar-refractivity contribution in [2.75, 3.05) is 0 Å². The van der Waals surface area contributed by atoms with Crippen LogP contribution < -0.4 is 0 Å². The smallest absolute Gasteiger partial charge is 0.0276 e. The van der Waals surface area contributed by atoms with Gasteiger partial charge in [-0.25, -0.2) is 0 Å². The lowest BCUT2D eigenvalue weighted by atomic mass is 9.93. The lowest BCUT2D eigenvalue weighted by Gasteiger charge is -2.13. The third kappa shape index (κ3) is 3.09. The summed E-state index contributed by atoms with van der Waals surface area (Å²) in [5.74, 6) is 0. The van der Waals surface area contributed by atoms with E-state index in [1.165, 1.54) is 56.9 Å². The third-order valence-electron chi connectivity index (χ3n) is 3.50. The van der Waals surface area contributed by atoms with Gasteiger partial charge in [-0.3, -0.25) is 0 Å². The van der Waals surface area contributed by atoms with E-state index in [0.717, 1.165) is 0 Å². The average Bonchev–Trinajstić information content (AvgIpc) is 2.25. The van der Waals surface area contributed by atoms with E-state index in [-0.39, 0.29) is 0 Å². The zero-order valence-electron chi connectivity index (χ0n) is 9.89. The average molecular weight is 202 g/mol. The van der Waals surface area contributed by atoms with Crippen LogP contribution in [0.15, 0.2) is 18.2 Å². The molecule has 0 bridgehead atoms. The number of hydrogen-bond donors (Lipinski definition) is 0. The van der Waals surface area contributed by atoms with Gasteiger partial charge in [0.15, 0.2) is 0 Å². The first-order chi connectivity index (χ1) is 7.36. The lowest BCUT2D eigenvalue weighted by molar-refractivity contribution is 0.581. The Morgan fingerprint density at radius 1 is 0.733 bits per heavy atom. The monoisotopic (exact) mass is 202 g/mol. The molecule has 0 aromatic heterocycles. The van der Waals surface area contributed by atoms with Crippen molar-refractivity contribution in [2.24, 2.45) is 0 Å². The maximum absolute atomic E-state index is 2.40. The lowest BCUT2D eigenvalue weighted by Crippen LogP contribution is -1.98. The first kappa shape index (κ1) is 10.7. The Kier molecular flexibility index (Phi) is 3.82. The molecular formula is C15H22. The Morgan fingerprint density at radius 3 is 2.07 bits per heavy atom. The molecule has 0 spiro atoms. The van der Waals surface area contributed by atoms with E-state index >= 15 is 0 Å². The van der Waals surface area contributed by atoms with E-state index in [9.17, 15) is 0 Å². The highest BCUT2D eigenvalue weighted by atomic mass is 14.1. The van der Waals surface area contributed by atoms with Crippen molar-refractivity contribution >= 4 is 0 Å². The van der Waals surface area contributed by atoms with Crippen LogP contribution in [0.5, 0.6) is 0 Å². The number of fused-ring (bicyclic) bond motifs is 1. The SMILES string of the molecule is Cc1ccc2c(c1)CCCCCCCC2. The van der Waals surface area contributed by atoms with Gasteiger partial charge in [-0.05, 0) is 43.7 Å². The van der Waals surface area contributed by atoms with Gasteiger partial charge in [0.05, 0.1) is 0 Å². The summed E-state index contributed by atoms with van der Waals surface area (Å²) in [5.41, 5.74) is 4.66. The van der Waals surface area contributed by atoms with E-state index in [1.807, 2.05) is 0 Å². The summed E-state index contributed by atoms with van der Waals surface area (Å²) in [6, 6.07) is 7.02. The minimum Gasteiger partial charge on any atom is -0.0590 e. The van der Waals surface area contributed by atoms with E-state index in [2.05, 4.69) is 25.1 Å². The summed E-state index contributed by atoms with van der Waals surface area (Å²) >= 11 is 0. The van der Waals surface area contributed by atoms with Crippen LogP contribution >= 0.6 is 0 Å². The highest BCUT2D eigenvalue weighted by Gasteiger charge is 2.05. The third-order valence-corrected chi connectivity index (χ3v) is 3.50. The topological polar surface area (TPSA) is 0 Å². The number of rotatable bonds is 0. The predicted octanol–water partition coefficient (Wildman–Crippen LogP) is 4.43. The van der Waals surface area contributed by atoms with Gasteiger partial charge < -0.3 is 0 Å². The molecule has 1 aromatic rings. The second-order valence-electron chi connectivity index (χ2n) is 4.89. The molecule has 0 nitrogen and oxygen atoms in total. The molecule has 0 N–H and O–H groups in total. The van der Waals surface area contributed by atoms with Crippen molar-refractivity contribution in [1.29, 1.82) is 0 Å². The molecule has 2 rings (SSSR count). The van der Waals surface area contributed by atoms with E-state index in [0.29, 0.717) is 0 Å². The molecule has 15 heavy (non-hydrogen) atoms. The van der Waals surface area contributed by atoms with Crippen molar-refractivity contribution in [1.82, 2.24) is 0 Å². The summed E-state index contributed by atoms with van der Waals surface area (Å²) in [5, 5.41) is 0. The second-order valence-corrected chi connectivity index (χ2v) is 4.89. The summed E-state index contributed by atoms with van der Waals surface area (Å²) in [6.07, 6.45) is 11.1. The number of aryl methyl sites for hydroxylation is 3. The van der Waals surface area contributed by atoms with Gasteiger partial charge in [0.2, 0.25) is 0 Å². The molecule has 0 radical (unpaired) electrons. The molecule has 0 saturated carbocycles. The minimum absolute atomic E-state index is 1.30. The molecule has 1 aliphatic rings. The quantitative estimate of drug-likeness (QED) is 0.583. The standard InChI is InChI=1S/C15H22/c1-13-10-11-14-8-6-4-2-3-5-7-9-15(14)12-13/h10-12H,2-9H2,1H3. The van der Waals surface area contributed by atoms with Gasteiger partial charge in [-0.1, -0.05) is 49.4 Å². The van der Waals surface area contributed by atoms with Crippen LogP contribution in [0.2, 0.25) is 0 Å². The molecular weight excluding hydrogens is 180 g/mol. The molecule has 82 valence electrons. The Labute approximate surface area is 93.7 Å². The van der Waals surface area contributed by atoms with Crippen molar-refractivity contribution < 1.29 is 0 Å². The van der Waals surface area contributed by atoms with Crippen LogP contribution in [0, 0.1) is 6.92 Å². The zero-order chi connectivity index (χ0) is 10.5. The molecule has 0 atom stereocenters. The molecule has 0 amide bonds. The maximum atomic E-state index is 2.40. The van der Waals surface area contributed by atoms with E-state index in [1.54, 1.807) is 11.1 Å². The first-order valence-corrected chi connectivity index (χ1v) is 6.45. The van der Waals surface area contributed by atoms with Gasteiger partial charge >= 0.3 is 0 Å². The molecule has 0 saturated heterocycles. The van der Waals surface area contributed by atoms with Crippen molar-refractivity contribution in [3.8, 4) is 0 Å². The predicted molar refractivity (Wildman–Crippen MR) is 66.3 cm³/mol. The molecule has 0 unspecified atom stereocenters. The van der Waals surface area contributed by atoms with Gasteiger partial charge in [0.1, 0.15) is 0 Å². The fraction of sp³-hybridized carbons (Fsp3) is 0.600. The Morgan fingerprint density at radius 2 is 1.33 bits per heavy atom. The highest BCUT2D eigenvalue weighted by Crippen LogP contribution is 2.20. The van der Waals surface area contributed by atoms with E-state index < -0.39 is 0 Å². The van der Waals surface area contributed by atoms with Crippen molar-refractivity contribution in [3.05, 3.63) is 34.9 Å². The van der Waals surface area contributed by atoms with Gasteiger partial charge in [0.25, 0.3) is 0 Å². The van der Waals surface area contributed by atoms with Crippen LogP contribution in [0.1, 0.15) is 55.2 Å². The summed E-state index contributed by atoms with van der Waals surface area (Å²) in [6.45, 7) is 2.21. The number of benzene rings is 1. The first-order valence-electron chi connectivity index (χ1n) is 6.45. The largest absolute Gasteiger partial charge is 0.0590 e. The Hall–Kier alpha value is -0.780. The van der Waals surface area contributed by atoms with Gasteiger partial charge in [0, 0.05) is 0 Å². The molecule has 0 aliphatic heterocycles. The Bertz CT molecular complexity index is 312. The summed E-state index contributed by atoms with van der Waals surface area (Å²) in [4.78, 5) is 0. The Balaban J connectivity index is 2.15. The summed E-state index contributed by atoms with van der Waals surface area (Å²) in [7, 11) is 0. The fourth-order valence-corrected chi connectivity index (χ4v) is 2.57. The zero-order valence-corrected chi connectivity index (χ0v) is 9.89. The second kappa shape index (κ2) is 5.34. The van der Waals surface area contributed by atoms with Gasteiger partial charge in [-0.2, -0.15) is 0 Å². The maximum Gasteiger partial charge on any atom is -0.0276 e. The molecule has 1 aromatic carbocycles. The summed E-state index contributed by atoms with van der Waals surface area (Å²) < 4.78 is 0. The molecule has 0 fully saturated rings. The van der Waals surface area contributed by atoms with Crippen LogP contribution in [0.4, 0.5) is 0 Å². The van der Waals surface area contributed by atoms with Crippen LogP contribution in [0.25, 0.3) is 0 Å². The molecule has 0 heterocycles. The minimum atomic E-state index is 1.30. The van der Waals surface area contributed by atoms with Crippen molar-refractivity contribution in [3.63, 3.8) is 0 Å². The van der Waals surface area contributed by atoms with Crippen LogP contribution in [-0.4, -0.2) is 0 Å². The molecule has 1 aliphatic carbocycles. The fourth-order valence-electron chi connectivity index (χ4n) is 2.57. The normalized spacial score (nSPS) is 18.2. The van der Waals surface area contributed by atoms with E-state index in [4.69, 9.17) is 0 Å². The van der Waals surface area contributed by atoms with Gasteiger partial charge in [-0.15, -0.1) is 0 Å². The number of hydrogen-bond acceptors (Lipinski definition) is 0. The van der Waals surface area contributed by atoms with Crippen molar-refractivity contribution in [2.45, 2.75) is 58.3 Å².